The Labute approximate surface area is 180 Å². The average Bonchev–Trinajstić information content (AvgIpc) is 3.27. The summed E-state index contributed by atoms with van der Waals surface area (Å²) in [6, 6.07) is 7.63. The predicted molar refractivity (Wildman–Crippen MR) is 117 cm³/mol. The van der Waals surface area contributed by atoms with Gasteiger partial charge < -0.3 is 15.5 Å². The van der Waals surface area contributed by atoms with Crippen LogP contribution in [0.3, 0.4) is 0 Å². The summed E-state index contributed by atoms with van der Waals surface area (Å²) in [6.07, 6.45) is 2.33. The maximum atomic E-state index is 12.5. The largest absolute Gasteiger partial charge is 0.507 e. The molecular weight excluding hydrogens is 432 g/mol. The maximum Gasteiger partial charge on any atom is 0.339 e. The fourth-order valence-electron chi connectivity index (χ4n) is 2.60. The van der Waals surface area contributed by atoms with Gasteiger partial charge in [0.1, 0.15) is 15.6 Å². The Morgan fingerprint density at radius 2 is 2.07 bits per heavy atom. The zero-order valence-electron chi connectivity index (χ0n) is 15.0. The first-order valence-electron chi connectivity index (χ1n) is 8.50. The molecule has 0 bridgehead atoms. The number of thiocarbonyl (C=S) groups is 1. The van der Waals surface area contributed by atoms with Gasteiger partial charge in [-0.15, -0.1) is 11.3 Å². The Balaban J connectivity index is 1.53. The van der Waals surface area contributed by atoms with Crippen LogP contribution in [0.25, 0.3) is 6.08 Å². The van der Waals surface area contributed by atoms with Gasteiger partial charge in [-0.1, -0.05) is 30.0 Å². The lowest BCUT2D eigenvalue weighted by atomic mass is 10.1. The van der Waals surface area contributed by atoms with E-state index >= 15 is 0 Å². The van der Waals surface area contributed by atoms with Gasteiger partial charge in [-0.05, 0) is 42.1 Å². The number of aromatic hydroxyl groups is 1. The highest BCUT2D eigenvalue weighted by Crippen LogP contribution is 2.33. The van der Waals surface area contributed by atoms with E-state index in [4.69, 9.17) is 17.3 Å². The third kappa shape index (κ3) is 5.22. The van der Waals surface area contributed by atoms with Crippen molar-refractivity contribution in [3.8, 4) is 5.75 Å². The average molecular weight is 449 g/mol. The van der Waals surface area contributed by atoms with Crippen molar-refractivity contribution in [3.05, 3.63) is 51.1 Å². The number of hydrogen-bond acceptors (Lipinski definition) is 7. The van der Waals surface area contributed by atoms with E-state index < -0.39 is 5.97 Å². The van der Waals surface area contributed by atoms with E-state index in [0.717, 1.165) is 4.88 Å². The molecule has 0 spiro atoms. The van der Waals surface area contributed by atoms with Crippen molar-refractivity contribution in [3.63, 3.8) is 0 Å². The molecule has 150 valence electrons. The first kappa shape index (κ1) is 21.0. The van der Waals surface area contributed by atoms with Gasteiger partial charge in [0.25, 0.3) is 5.91 Å². The van der Waals surface area contributed by atoms with E-state index in [1.165, 1.54) is 46.2 Å². The second-order valence-electron chi connectivity index (χ2n) is 6.04. The summed E-state index contributed by atoms with van der Waals surface area (Å²) in [7, 11) is 0. The Morgan fingerprint density at radius 3 is 2.76 bits per heavy atom. The standard InChI is InChI=1S/C19H16N2O5S3/c22-14-6-5-11(9-13(14)18(25)26)20-16(23)4-1-7-21-17(24)15(29-19(21)27)10-12-3-2-8-28-12/h2-3,5-6,8-10,22H,1,4,7H2,(H,20,23)(H,25,26)/b15-10+. The molecule has 2 heterocycles. The maximum absolute atomic E-state index is 12.5. The molecule has 1 aromatic carbocycles. The van der Waals surface area contributed by atoms with Crippen LogP contribution in [0.5, 0.6) is 5.75 Å². The summed E-state index contributed by atoms with van der Waals surface area (Å²) in [6.45, 7) is 0.315. The van der Waals surface area contributed by atoms with Gasteiger partial charge in [0.15, 0.2) is 0 Å². The molecule has 1 aromatic heterocycles. The van der Waals surface area contributed by atoms with Gasteiger partial charge in [0.05, 0.1) is 4.91 Å². The number of carboxylic acid groups (broad SMARTS) is 1. The Bertz CT molecular complexity index is 1000. The number of carbonyl (C=O) groups is 3. The van der Waals surface area contributed by atoms with Crippen LogP contribution in [0.4, 0.5) is 5.69 Å². The molecule has 0 atom stereocenters. The Kier molecular flexibility index (Phi) is 6.68. The van der Waals surface area contributed by atoms with Gasteiger partial charge in [-0.3, -0.25) is 14.5 Å². The van der Waals surface area contributed by atoms with Crippen LogP contribution < -0.4 is 5.32 Å². The smallest absolute Gasteiger partial charge is 0.339 e. The number of nitrogens with one attached hydrogen (secondary N) is 1. The number of aromatic carboxylic acids is 1. The predicted octanol–water partition coefficient (Wildman–Crippen LogP) is 3.77. The molecule has 29 heavy (non-hydrogen) atoms. The van der Waals surface area contributed by atoms with Crippen LogP contribution >= 0.6 is 35.3 Å². The summed E-state index contributed by atoms with van der Waals surface area (Å²) < 4.78 is 0.461. The number of carbonyl (C=O) groups excluding carboxylic acids is 2. The third-order valence-corrected chi connectivity index (χ3v) is 6.18. The van der Waals surface area contributed by atoms with Crippen LogP contribution in [0, 0.1) is 0 Å². The Morgan fingerprint density at radius 1 is 1.28 bits per heavy atom. The van der Waals surface area contributed by atoms with E-state index in [-0.39, 0.29) is 35.2 Å². The van der Waals surface area contributed by atoms with Gasteiger partial charge in [0.2, 0.25) is 5.91 Å². The lowest BCUT2D eigenvalue weighted by Crippen LogP contribution is -2.29. The molecule has 1 fully saturated rings. The number of carboxylic acids is 1. The number of nitrogens with zero attached hydrogens (tertiary/aromatic N) is 1. The highest BCUT2D eigenvalue weighted by Gasteiger charge is 2.31. The van der Waals surface area contributed by atoms with Crippen molar-refractivity contribution in [1.82, 2.24) is 4.90 Å². The molecule has 2 amide bonds. The molecule has 3 rings (SSSR count). The second-order valence-corrected chi connectivity index (χ2v) is 8.69. The number of anilines is 1. The molecular formula is C19H16N2O5S3. The van der Waals surface area contributed by atoms with Crippen molar-refractivity contribution in [2.24, 2.45) is 0 Å². The highest BCUT2D eigenvalue weighted by molar-refractivity contribution is 8.26. The molecule has 0 aliphatic carbocycles. The van der Waals surface area contributed by atoms with Crippen LogP contribution in [0.15, 0.2) is 40.6 Å². The normalized spacial score (nSPS) is 15.2. The third-order valence-electron chi connectivity index (χ3n) is 3.99. The minimum absolute atomic E-state index is 0.129. The molecule has 1 saturated heterocycles. The lowest BCUT2D eigenvalue weighted by Gasteiger charge is -2.14. The summed E-state index contributed by atoms with van der Waals surface area (Å²) in [4.78, 5) is 38.7. The quantitative estimate of drug-likeness (QED) is 0.336. The van der Waals surface area contributed by atoms with Crippen LogP contribution in [0.2, 0.25) is 0 Å². The molecule has 0 unspecified atom stereocenters. The zero-order valence-corrected chi connectivity index (χ0v) is 17.4. The first-order valence-corrected chi connectivity index (χ1v) is 10.6. The first-order chi connectivity index (χ1) is 13.8. The van der Waals surface area contributed by atoms with Crippen LogP contribution in [-0.2, 0) is 9.59 Å². The lowest BCUT2D eigenvalue weighted by molar-refractivity contribution is -0.122. The number of thiophene rings is 1. The molecule has 1 aliphatic heterocycles. The van der Waals surface area contributed by atoms with E-state index in [0.29, 0.717) is 22.2 Å². The van der Waals surface area contributed by atoms with Crippen molar-refractivity contribution < 1.29 is 24.6 Å². The number of hydrogen-bond donors (Lipinski definition) is 3. The van der Waals surface area contributed by atoms with E-state index in [9.17, 15) is 19.5 Å². The summed E-state index contributed by atoms with van der Waals surface area (Å²) >= 11 is 8.05. The number of thioether (sulfide) groups is 1. The van der Waals surface area contributed by atoms with E-state index in [1.807, 2.05) is 23.6 Å². The van der Waals surface area contributed by atoms with Gasteiger partial charge in [-0.2, -0.15) is 0 Å². The monoisotopic (exact) mass is 448 g/mol. The van der Waals surface area contributed by atoms with Gasteiger partial charge in [-0.25, -0.2) is 4.79 Å². The SMILES string of the molecule is O=C(CCCN1C(=O)/C(=C\c2cccs2)SC1=S)Nc1ccc(O)c(C(=O)O)c1. The van der Waals surface area contributed by atoms with Crippen LogP contribution in [0.1, 0.15) is 28.1 Å². The minimum atomic E-state index is -1.29. The molecule has 3 N–H and O–H groups in total. The van der Waals surface area contributed by atoms with Crippen LogP contribution in [-0.4, -0.2) is 43.8 Å². The molecule has 0 saturated carbocycles. The van der Waals surface area contributed by atoms with Crippen molar-refractivity contribution in [2.75, 3.05) is 11.9 Å². The number of amides is 2. The molecule has 1 aliphatic rings. The van der Waals surface area contributed by atoms with Gasteiger partial charge in [0, 0.05) is 23.5 Å². The fourth-order valence-corrected chi connectivity index (χ4v) is 4.63. The Hall–Kier alpha value is -2.69. The van der Waals surface area contributed by atoms with Gasteiger partial charge >= 0.3 is 5.97 Å². The number of benzene rings is 1. The highest BCUT2D eigenvalue weighted by atomic mass is 32.2. The second kappa shape index (κ2) is 9.21. The van der Waals surface area contributed by atoms with Crippen molar-refractivity contribution in [2.45, 2.75) is 12.8 Å². The summed E-state index contributed by atoms with van der Waals surface area (Å²) in [5.41, 5.74) is -0.0208. The van der Waals surface area contributed by atoms with Crippen molar-refractivity contribution >= 4 is 69.2 Å². The molecule has 0 radical (unpaired) electrons. The topological polar surface area (TPSA) is 107 Å². The summed E-state index contributed by atoms with van der Waals surface area (Å²) in [5, 5.41) is 23.0. The molecule has 7 nitrogen and oxygen atoms in total. The van der Waals surface area contributed by atoms with E-state index in [2.05, 4.69) is 5.32 Å². The van der Waals surface area contributed by atoms with E-state index in [1.54, 1.807) is 0 Å². The zero-order chi connectivity index (χ0) is 21.0. The minimum Gasteiger partial charge on any atom is -0.507 e. The number of rotatable bonds is 7. The summed E-state index contributed by atoms with van der Waals surface area (Å²) in [5.74, 6) is -2.16. The molecule has 2 aromatic rings. The fraction of sp³-hybridized carbons (Fsp3) is 0.158. The van der Waals surface area contributed by atoms with Crippen molar-refractivity contribution in [1.29, 1.82) is 0 Å². The number of phenols is 1. The molecule has 10 heteroatoms.